The van der Waals surface area contributed by atoms with Crippen LogP contribution in [0.5, 0.6) is 11.5 Å². The van der Waals surface area contributed by atoms with E-state index in [1.807, 2.05) is 42.5 Å². The minimum absolute atomic E-state index is 0.00429. The number of anilines is 1. The van der Waals surface area contributed by atoms with E-state index in [2.05, 4.69) is 10.2 Å². The number of carbonyl (C=O) groups excluding carboxylic acids is 1. The molecule has 0 radical (unpaired) electrons. The van der Waals surface area contributed by atoms with Crippen molar-refractivity contribution in [3.8, 4) is 11.5 Å². The van der Waals surface area contributed by atoms with Gasteiger partial charge in [0.25, 0.3) is 5.91 Å². The van der Waals surface area contributed by atoms with Crippen molar-refractivity contribution < 1.29 is 24.2 Å². The van der Waals surface area contributed by atoms with Gasteiger partial charge in [-0.05, 0) is 92.0 Å². The molecule has 0 bridgehead atoms. The van der Waals surface area contributed by atoms with Gasteiger partial charge >= 0.3 is 5.97 Å². The van der Waals surface area contributed by atoms with E-state index in [4.69, 9.17) is 9.47 Å². The predicted molar refractivity (Wildman–Crippen MR) is 161 cm³/mol. The summed E-state index contributed by atoms with van der Waals surface area (Å²) in [7, 11) is 1.66. The third kappa shape index (κ3) is 8.17. The van der Waals surface area contributed by atoms with E-state index in [1.165, 1.54) is 38.5 Å². The average molecular weight is 563 g/mol. The smallest absolute Gasteiger partial charge is 0.303 e. The minimum atomic E-state index is -0.740. The molecule has 2 aliphatic carbocycles. The van der Waals surface area contributed by atoms with Crippen molar-refractivity contribution in [2.75, 3.05) is 38.3 Å². The molecular weight excluding hydrogens is 516 g/mol. The number of carboxylic acid groups (broad SMARTS) is 1. The standard InChI is InChI=1S/C34H46N2O5/c1-40-28-13-14-30(34(39)35-22-24-7-4-2-3-5-8-24)32(20-28)36-17-15-25(16-18-36)23-41-29-10-6-9-27(19-29)31(21-33(37)38)26-11-12-26/h6,9-10,13-14,19-20,24-26,31H,2-5,7-8,11-12,15-18,21-23H2,1H3,(H,35,39)(H,37,38). The molecule has 0 aromatic heterocycles. The SMILES string of the molecule is COc1ccc(C(=O)NCC2CCCCCC2)c(N2CCC(COc3cccc(C(CC(=O)O)C4CC4)c3)CC2)c1. The normalized spacial score (nSPS) is 19.3. The number of benzene rings is 2. The largest absolute Gasteiger partial charge is 0.497 e. The van der Waals surface area contributed by atoms with Crippen molar-refractivity contribution in [3.05, 3.63) is 53.6 Å². The quantitative estimate of drug-likeness (QED) is 0.281. The summed E-state index contributed by atoms with van der Waals surface area (Å²) < 4.78 is 11.7. The van der Waals surface area contributed by atoms with Crippen LogP contribution in [0.1, 0.15) is 92.5 Å². The van der Waals surface area contributed by atoms with Crippen LogP contribution in [0.15, 0.2) is 42.5 Å². The topological polar surface area (TPSA) is 88.1 Å². The molecule has 2 aromatic rings. The van der Waals surface area contributed by atoms with Gasteiger partial charge in [-0.15, -0.1) is 0 Å². The molecule has 222 valence electrons. The van der Waals surface area contributed by atoms with E-state index < -0.39 is 5.97 Å². The maximum Gasteiger partial charge on any atom is 0.303 e. The third-order valence-electron chi connectivity index (χ3n) is 9.29. The van der Waals surface area contributed by atoms with Gasteiger partial charge in [-0.3, -0.25) is 9.59 Å². The summed E-state index contributed by atoms with van der Waals surface area (Å²) in [6.45, 7) is 3.10. The van der Waals surface area contributed by atoms with Crippen LogP contribution in [0, 0.1) is 17.8 Å². The average Bonchev–Trinajstić information content (AvgIpc) is 3.86. The molecule has 2 N–H and O–H groups in total. The lowest BCUT2D eigenvalue weighted by Crippen LogP contribution is -2.37. The Balaban J connectivity index is 1.16. The van der Waals surface area contributed by atoms with E-state index in [-0.39, 0.29) is 18.2 Å². The number of amides is 1. The van der Waals surface area contributed by atoms with Crippen molar-refractivity contribution in [1.82, 2.24) is 5.32 Å². The number of hydrogen-bond donors (Lipinski definition) is 2. The van der Waals surface area contributed by atoms with Crippen molar-refractivity contribution in [2.45, 2.75) is 76.5 Å². The summed E-state index contributed by atoms with van der Waals surface area (Å²) in [6.07, 6.45) is 11.9. The third-order valence-corrected chi connectivity index (χ3v) is 9.29. The number of rotatable bonds is 12. The van der Waals surface area contributed by atoms with E-state index >= 15 is 0 Å². The molecule has 7 nitrogen and oxygen atoms in total. The Morgan fingerprint density at radius 3 is 2.37 bits per heavy atom. The second-order valence-electron chi connectivity index (χ2n) is 12.3. The highest BCUT2D eigenvalue weighted by Crippen LogP contribution is 2.45. The van der Waals surface area contributed by atoms with E-state index in [0.717, 1.165) is 73.6 Å². The highest BCUT2D eigenvalue weighted by Gasteiger charge is 2.34. The fourth-order valence-corrected chi connectivity index (χ4v) is 6.63. The lowest BCUT2D eigenvalue weighted by Gasteiger charge is -2.34. The fraction of sp³-hybridized carbons (Fsp3) is 0.588. The van der Waals surface area contributed by atoms with Crippen molar-refractivity contribution in [2.24, 2.45) is 17.8 Å². The highest BCUT2D eigenvalue weighted by atomic mass is 16.5. The van der Waals surface area contributed by atoms with Crippen LogP contribution in [0.4, 0.5) is 5.69 Å². The summed E-state index contributed by atoms with van der Waals surface area (Å²) in [5, 5.41) is 12.6. The number of nitrogens with zero attached hydrogens (tertiary/aromatic N) is 1. The number of ether oxygens (including phenoxy) is 2. The fourth-order valence-electron chi connectivity index (χ4n) is 6.63. The zero-order chi connectivity index (χ0) is 28.6. The van der Waals surface area contributed by atoms with Gasteiger partial charge < -0.3 is 24.8 Å². The molecule has 0 spiro atoms. The maximum absolute atomic E-state index is 13.3. The van der Waals surface area contributed by atoms with E-state index in [0.29, 0.717) is 24.4 Å². The van der Waals surface area contributed by atoms with Crippen molar-refractivity contribution in [1.29, 1.82) is 0 Å². The molecule has 1 amide bonds. The lowest BCUT2D eigenvalue weighted by atomic mass is 9.91. The Morgan fingerprint density at radius 1 is 0.927 bits per heavy atom. The van der Waals surface area contributed by atoms with Crippen LogP contribution >= 0.6 is 0 Å². The molecule has 1 unspecified atom stereocenters. The number of piperidine rings is 1. The van der Waals surface area contributed by atoms with Gasteiger partial charge in [-0.1, -0.05) is 37.8 Å². The second kappa shape index (κ2) is 14.1. The number of aliphatic carboxylic acids is 1. The number of carboxylic acids is 1. The molecule has 3 fully saturated rings. The molecule has 41 heavy (non-hydrogen) atoms. The van der Waals surface area contributed by atoms with Crippen molar-refractivity contribution in [3.63, 3.8) is 0 Å². The number of methoxy groups -OCH3 is 1. The first-order valence-electron chi connectivity index (χ1n) is 15.7. The highest BCUT2D eigenvalue weighted by molar-refractivity contribution is 6.00. The van der Waals surface area contributed by atoms with Gasteiger partial charge in [0.05, 0.1) is 31.4 Å². The summed E-state index contributed by atoms with van der Waals surface area (Å²) in [4.78, 5) is 27.0. The number of hydrogen-bond acceptors (Lipinski definition) is 5. The first-order valence-corrected chi connectivity index (χ1v) is 15.7. The molecule has 1 aliphatic heterocycles. The Kier molecular flexibility index (Phi) is 10.1. The Morgan fingerprint density at radius 2 is 1.68 bits per heavy atom. The second-order valence-corrected chi connectivity index (χ2v) is 12.3. The molecule has 2 aromatic carbocycles. The summed E-state index contributed by atoms with van der Waals surface area (Å²) >= 11 is 0. The minimum Gasteiger partial charge on any atom is -0.497 e. The Hall–Kier alpha value is -3.22. The first kappa shape index (κ1) is 29.3. The van der Waals surface area contributed by atoms with Gasteiger partial charge in [0.15, 0.2) is 0 Å². The molecule has 1 saturated heterocycles. The Labute approximate surface area is 244 Å². The van der Waals surface area contributed by atoms with Crippen LogP contribution < -0.4 is 19.7 Å². The zero-order valence-corrected chi connectivity index (χ0v) is 24.5. The molecule has 3 aliphatic rings. The molecule has 1 atom stereocenters. The molecule has 1 heterocycles. The zero-order valence-electron chi connectivity index (χ0n) is 24.5. The number of nitrogens with one attached hydrogen (secondary N) is 1. The summed E-state index contributed by atoms with van der Waals surface area (Å²) in [6, 6.07) is 13.8. The van der Waals surface area contributed by atoms with Crippen LogP contribution in [0.25, 0.3) is 0 Å². The molecule has 2 saturated carbocycles. The van der Waals surface area contributed by atoms with Gasteiger partial charge in [0.1, 0.15) is 11.5 Å². The van der Waals surface area contributed by atoms with Crippen LogP contribution in [0.3, 0.4) is 0 Å². The van der Waals surface area contributed by atoms with E-state index in [9.17, 15) is 14.7 Å². The molecular formula is C34H46N2O5. The lowest BCUT2D eigenvalue weighted by molar-refractivity contribution is -0.137. The molecule has 5 rings (SSSR count). The van der Waals surface area contributed by atoms with Gasteiger partial charge in [-0.2, -0.15) is 0 Å². The van der Waals surface area contributed by atoms with Gasteiger partial charge in [0.2, 0.25) is 0 Å². The first-order chi connectivity index (χ1) is 20.0. The maximum atomic E-state index is 13.3. The van der Waals surface area contributed by atoms with Crippen LogP contribution in [0.2, 0.25) is 0 Å². The predicted octanol–water partition coefficient (Wildman–Crippen LogP) is 6.66. The van der Waals surface area contributed by atoms with Gasteiger partial charge in [0, 0.05) is 25.7 Å². The monoisotopic (exact) mass is 562 g/mol. The van der Waals surface area contributed by atoms with Crippen molar-refractivity contribution >= 4 is 17.6 Å². The summed E-state index contributed by atoms with van der Waals surface area (Å²) in [5.74, 6) is 2.40. The van der Waals surface area contributed by atoms with E-state index in [1.54, 1.807) is 7.11 Å². The summed E-state index contributed by atoms with van der Waals surface area (Å²) in [5.41, 5.74) is 2.74. The number of carbonyl (C=O) groups is 2. The molecule has 7 heteroatoms. The Bertz CT molecular complexity index is 1160. The van der Waals surface area contributed by atoms with Crippen LogP contribution in [-0.2, 0) is 4.79 Å². The van der Waals surface area contributed by atoms with Gasteiger partial charge in [-0.25, -0.2) is 0 Å². The van der Waals surface area contributed by atoms with Crippen LogP contribution in [-0.4, -0.2) is 50.3 Å².